The topological polar surface area (TPSA) is 84.7 Å². The molecule has 7 heteroatoms. The molecule has 0 atom stereocenters. The second-order valence-electron chi connectivity index (χ2n) is 4.48. The molecule has 0 saturated carbocycles. The van der Waals surface area contributed by atoms with Gasteiger partial charge in [0.1, 0.15) is 5.75 Å². The highest BCUT2D eigenvalue weighted by molar-refractivity contribution is 7.14. The zero-order chi connectivity index (χ0) is 14.8. The molecule has 1 aliphatic rings. The molecule has 3 N–H and O–H groups in total. The largest absolute Gasteiger partial charge is 0.482 e. The summed E-state index contributed by atoms with van der Waals surface area (Å²) in [7, 11) is 0. The lowest BCUT2D eigenvalue weighted by Crippen LogP contribution is -2.38. The van der Waals surface area contributed by atoms with Crippen LogP contribution in [0.25, 0.3) is 0 Å². The van der Waals surface area contributed by atoms with E-state index in [-0.39, 0.29) is 18.4 Å². The average Bonchev–Trinajstić information content (AvgIpc) is 2.98. The first-order valence-corrected chi connectivity index (χ1v) is 7.12. The van der Waals surface area contributed by atoms with E-state index in [9.17, 15) is 9.59 Å². The maximum atomic E-state index is 12.1. The molecule has 0 radical (unpaired) electrons. The molecule has 0 aliphatic carbocycles. The fraction of sp³-hybridized carbons (Fsp3) is 0.143. The van der Waals surface area contributed by atoms with Crippen LogP contribution in [0.15, 0.2) is 36.4 Å². The molecule has 2 aromatic rings. The van der Waals surface area contributed by atoms with E-state index in [1.165, 1.54) is 11.3 Å². The summed E-state index contributed by atoms with van der Waals surface area (Å²) in [5, 5.41) is 0. The van der Waals surface area contributed by atoms with Crippen molar-refractivity contribution in [1.29, 1.82) is 0 Å². The van der Waals surface area contributed by atoms with Gasteiger partial charge in [0.05, 0.1) is 17.1 Å². The Hall–Kier alpha value is -2.38. The smallest absolute Gasteiger partial charge is 0.275 e. The molecular weight excluding hydrogens is 290 g/mol. The molecular formula is C14H13N3O3S. The number of benzene rings is 1. The second-order valence-corrected chi connectivity index (χ2v) is 5.64. The van der Waals surface area contributed by atoms with Crippen LogP contribution in [0.2, 0.25) is 0 Å². The van der Waals surface area contributed by atoms with Crippen molar-refractivity contribution in [2.24, 2.45) is 5.84 Å². The number of anilines is 1. The number of fused-ring (bicyclic) bond motifs is 1. The van der Waals surface area contributed by atoms with Crippen LogP contribution in [-0.2, 0) is 11.3 Å². The van der Waals surface area contributed by atoms with Gasteiger partial charge in [-0.1, -0.05) is 12.1 Å². The van der Waals surface area contributed by atoms with E-state index in [0.717, 1.165) is 10.6 Å². The lowest BCUT2D eigenvalue weighted by Gasteiger charge is -2.28. The third-order valence-corrected chi connectivity index (χ3v) is 4.21. The first-order chi connectivity index (χ1) is 10.2. The molecule has 0 fully saturated rings. The Kier molecular flexibility index (Phi) is 3.59. The normalized spacial score (nSPS) is 13.6. The van der Waals surface area contributed by atoms with Crippen molar-refractivity contribution in [2.75, 3.05) is 11.5 Å². The molecule has 0 spiro atoms. The van der Waals surface area contributed by atoms with Crippen molar-refractivity contribution in [2.45, 2.75) is 6.54 Å². The van der Waals surface area contributed by atoms with Gasteiger partial charge in [0, 0.05) is 4.88 Å². The highest BCUT2D eigenvalue weighted by atomic mass is 32.1. The van der Waals surface area contributed by atoms with E-state index in [1.54, 1.807) is 11.0 Å². The first-order valence-electron chi connectivity index (χ1n) is 6.31. The summed E-state index contributed by atoms with van der Waals surface area (Å²) < 4.78 is 5.40. The van der Waals surface area contributed by atoms with E-state index in [2.05, 4.69) is 5.43 Å². The van der Waals surface area contributed by atoms with Crippen LogP contribution in [-0.4, -0.2) is 18.4 Å². The summed E-state index contributed by atoms with van der Waals surface area (Å²) in [5.41, 5.74) is 2.84. The Labute approximate surface area is 125 Å². The lowest BCUT2D eigenvalue weighted by molar-refractivity contribution is -0.121. The summed E-state index contributed by atoms with van der Waals surface area (Å²) in [6.45, 7) is 0.431. The maximum Gasteiger partial charge on any atom is 0.275 e. The Morgan fingerprint density at radius 2 is 2.14 bits per heavy atom. The van der Waals surface area contributed by atoms with Crippen molar-refractivity contribution in [3.05, 3.63) is 46.2 Å². The van der Waals surface area contributed by atoms with Gasteiger partial charge in [0.25, 0.3) is 11.8 Å². The first kappa shape index (κ1) is 13.6. The van der Waals surface area contributed by atoms with Crippen LogP contribution in [0, 0.1) is 0 Å². The Morgan fingerprint density at radius 1 is 1.33 bits per heavy atom. The predicted molar refractivity (Wildman–Crippen MR) is 79.1 cm³/mol. The minimum atomic E-state index is -0.333. The number of carbonyl (C=O) groups excluding carboxylic acids is 2. The van der Waals surface area contributed by atoms with Crippen LogP contribution in [0.4, 0.5) is 5.69 Å². The maximum absolute atomic E-state index is 12.1. The number of hydrazine groups is 1. The minimum Gasteiger partial charge on any atom is -0.482 e. The van der Waals surface area contributed by atoms with E-state index in [0.29, 0.717) is 17.2 Å². The monoisotopic (exact) mass is 303 g/mol. The van der Waals surface area contributed by atoms with Crippen molar-refractivity contribution in [3.8, 4) is 5.75 Å². The van der Waals surface area contributed by atoms with Crippen LogP contribution >= 0.6 is 11.3 Å². The number of nitrogen functional groups attached to an aromatic ring is 1. The summed E-state index contributed by atoms with van der Waals surface area (Å²) in [6.07, 6.45) is 0. The second kappa shape index (κ2) is 5.55. The zero-order valence-corrected chi connectivity index (χ0v) is 11.9. The van der Waals surface area contributed by atoms with Crippen LogP contribution in [0.5, 0.6) is 5.75 Å². The third kappa shape index (κ3) is 2.61. The van der Waals surface area contributed by atoms with Crippen molar-refractivity contribution >= 4 is 28.8 Å². The number of nitrogens with one attached hydrogen (secondary N) is 1. The molecule has 0 unspecified atom stereocenters. The number of hydrogen-bond acceptors (Lipinski definition) is 5. The molecule has 2 amide bonds. The number of rotatable bonds is 3. The number of thiophene rings is 1. The zero-order valence-electron chi connectivity index (χ0n) is 11.0. The van der Waals surface area contributed by atoms with Crippen molar-refractivity contribution in [1.82, 2.24) is 5.43 Å². The van der Waals surface area contributed by atoms with Gasteiger partial charge in [-0.15, -0.1) is 11.3 Å². The van der Waals surface area contributed by atoms with Crippen LogP contribution < -0.4 is 20.9 Å². The number of carbonyl (C=O) groups is 2. The standard InChI is InChI=1S/C14H13N3O3S/c15-16-14(19)12-6-5-9(21-12)7-17-10-3-1-2-4-11(10)20-8-13(17)18/h1-6H,7-8,15H2,(H,16,19). The molecule has 6 nitrogen and oxygen atoms in total. The Balaban J connectivity index is 1.86. The SMILES string of the molecule is NNC(=O)c1ccc(CN2C(=O)COc3ccccc32)s1. The Morgan fingerprint density at radius 3 is 2.95 bits per heavy atom. The number of nitrogens with zero attached hydrogens (tertiary/aromatic N) is 1. The number of amides is 2. The average molecular weight is 303 g/mol. The number of hydrogen-bond donors (Lipinski definition) is 2. The minimum absolute atomic E-state index is 0.0263. The summed E-state index contributed by atoms with van der Waals surface area (Å²) >= 11 is 1.31. The summed E-state index contributed by atoms with van der Waals surface area (Å²) in [4.78, 5) is 26.6. The summed E-state index contributed by atoms with van der Waals surface area (Å²) in [5.74, 6) is 5.36. The van der Waals surface area contributed by atoms with Gasteiger partial charge in [-0.2, -0.15) is 0 Å². The fourth-order valence-corrected chi connectivity index (χ4v) is 3.04. The van der Waals surface area contributed by atoms with Crippen molar-refractivity contribution < 1.29 is 14.3 Å². The van der Waals surface area contributed by atoms with Gasteiger partial charge < -0.3 is 9.64 Å². The predicted octanol–water partition coefficient (Wildman–Crippen LogP) is 1.28. The highest BCUT2D eigenvalue weighted by Crippen LogP contribution is 2.33. The van der Waals surface area contributed by atoms with Gasteiger partial charge in [-0.25, -0.2) is 5.84 Å². The molecule has 3 rings (SSSR count). The quantitative estimate of drug-likeness (QED) is 0.508. The highest BCUT2D eigenvalue weighted by Gasteiger charge is 2.25. The van der Waals surface area contributed by atoms with E-state index in [1.807, 2.05) is 30.3 Å². The molecule has 1 aliphatic heterocycles. The summed E-state index contributed by atoms with van der Waals surface area (Å²) in [6, 6.07) is 10.9. The van der Waals surface area contributed by atoms with E-state index in [4.69, 9.17) is 10.6 Å². The molecule has 108 valence electrons. The van der Waals surface area contributed by atoms with Gasteiger partial charge in [0.15, 0.2) is 6.61 Å². The van der Waals surface area contributed by atoms with Gasteiger partial charge in [-0.05, 0) is 24.3 Å². The molecule has 0 saturated heterocycles. The van der Waals surface area contributed by atoms with Crippen LogP contribution in [0.1, 0.15) is 14.5 Å². The molecule has 2 heterocycles. The number of nitrogens with two attached hydrogens (primary N) is 1. The fourth-order valence-electron chi connectivity index (χ4n) is 2.14. The van der Waals surface area contributed by atoms with Gasteiger partial charge >= 0.3 is 0 Å². The van der Waals surface area contributed by atoms with Crippen LogP contribution in [0.3, 0.4) is 0 Å². The molecule has 0 bridgehead atoms. The van der Waals surface area contributed by atoms with E-state index < -0.39 is 0 Å². The van der Waals surface area contributed by atoms with Gasteiger partial charge in [0.2, 0.25) is 0 Å². The van der Waals surface area contributed by atoms with Gasteiger partial charge in [-0.3, -0.25) is 15.0 Å². The van der Waals surface area contributed by atoms with Crippen molar-refractivity contribution in [3.63, 3.8) is 0 Å². The third-order valence-electron chi connectivity index (χ3n) is 3.14. The Bertz CT molecular complexity index is 698. The van der Waals surface area contributed by atoms with E-state index >= 15 is 0 Å². The molecule has 1 aromatic carbocycles. The molecule has 21 heavy (non-hydrogen) atoms. The number of ether oxygens (including phenoxy) is 1. The molecule has 1 aromatic heterocycles. The lowest BCUT2D eigenvalue weighted by atomic mass is 10.2. The number of para-hydroxylation sites is 2.